The number of aromatic nitrogens is 1. The van der Waals surface area contributed by atoms with Gasteiger partial charge in [0.1, 0.15) is 11.6 Å². The molecule has 1 fully saturated rings. The van der Waals surface area contributed by atoms with Gasteiger partial charge >= 0.3 is 0 Å². The third-order valence-corrected chi connectivity index (χ3v) is 4.59. The second-order valence-corrected chi connectivity index (χ2v) is 6.82. The van der Waals surface area contributed by atoms with Gasteiger partial charge in [-0.1, -0.05) is 20.3 Å². The van der Waals surface area contributed by atoms with Crippen LogP contribution in [0.15, 0.2) is 11.7 Å². The topological polar surface area (TPSA) is 62.3 Å². The second-order valence-electron chi connectivity index (χ2n) is 5.85. The minimum absolute atomic E-state index is 0.0317. The highest BCUT2D eigenvalue weighted by molar-refractivity contribution is 7.09. The molecule has 1 saturated heterocycles. The van der Waals surface area contributed by atoms with Crippen molar-refractivity contribution in [3.8, 4) is 0 Å². The monoisotopic (exact) mass is 295 g/mol. The van der Waals surface area contributed by atoms with Gasteiger partial charge in [-0.05, 0) is 19.8 Å². The Bertz CT molecular complexity index is 499. The molecule has 1 aromatic rings. The quantitative estimate of drug-likeness (QED) is 0.921. The Morgan fingerprint density at radius 1 is 1.50 bits per heavy atom. The average molecular weight is 295 g/mol. The van der Waals surface area contributed by atoms with E-state index in [1.807, 2.05) is 13.8 Å². The van der Waals surface area contributed by atoms with E-state index in [0.29, 0.717) is 6.54 Å². The lowest BCUT2D eigenvalue weighted by molar-refractivity contribution is -0.156. The van der Waals surface area contributed by atoms with E-state index in [1.54, 1.807) is 30.5 Å². The van der Waals surface area contributed by atoms with Crippen molar-refractivity contribution in [1.29, 1.82) is 0 Å². The van der Waals surface area contributed by atoms with Gasteiger partial charge in [-0.3, -0.25) is 14.6 Å². The molecule has 1 aliphatic rings. The number of carbonyl (C=O) groups excluding carboxylic acids is 2. The molecule has 2 rings (SSSR count). The van der Waals surface area contributed by atoms with Gasteiger partial charge in [0, 0.05) is 11.1 Å². The summed E-state index contributed by atoms with van der Waals surface area (Å²) in [5.74, 6) is 0.0345. The molecule has 0 aliphatic carbocycles. The summed E-state index contributed by atoms with van der Waals surface area (Å²) in [7, 11) is 0. The normalized spacial score (nSPS) is 23.6. The van der Waals surface area contributed by atoms with E-state index in [9.17, 15) is 9.59 Å². The van der Waals surface area contributed by atoms with Gasteiger partial charge in [-0.2, -0.15) is 0 Å². The fourth-order valence-electron chi connectivity index (χ4n) is 2.51. The molecule has 2 heterocycles. The molecule has 0 radical (unpaired) electrons. The van der Waals surface area contributed by atoms with Crippen LogP contribution in [0, 0.1) is 5.92 Å². The van der Waals surface area contributed by atoms with Crippen molar-refractivity contribution >= 4 is 23.2 Å². The first-order valence-electron chi connectivity index (χ1n) is 6.87. The summed E-state index contributed by atoms with van der Waals surface area (Å²) < 4.78 is 0. The third kappa shape index (κ3) is 2.70. The molecule has 0 bridgehead atoms. The molecule has 5 nitrogen and oxygen atoms in total. The highest BCUT2D eigenvalue weighted by Gasteiger charge is 2.46. The van der Waals surface area contributed by atoms with Crippen LogP contribution in [0.1, 0.15) is 39.0 Å². The lowest BCUT2D eigenvalue weighted by Crippen LogP contribution is -2.69. The number of hydrogen-bond acceptors (Lipinski definition) is 4. The zero-order chi connectivity index (χ0) is 14.9. The van der Waals surface area contributed by atoms with Crippen molar-refractivity contribution < 1.29 is 9.59 Å². The van der Waals surface area contributed by atoms with Crippen LogP contribution in [0.4, 0.5) is 0 Å². The van der Waals surface area contributed by atoms with Crippen LogP contribution in [0.2, 0.25) is 0 Å². The van der Waals surface area contributed by atoms with Gasteiger partial charge in [0.15, 0.2) is 0 Å². The Kier molecular flexibility index (Phi) is 4.13. The number of rotatable bonds is 4. The number of hydrogen-bond donors (Lipinski definition) is 1. The summed E-state index contributed by atoms with van der Waals surface area (Å²) in [5.41, 5.74) is 0.902. The number of piperazine rings is 1. The van der Waals surface area contributed by atoms with Crippen LogP contribution in [0.25, 0.3) is 0 Å². The lowest BCUT2D eigenvalue weighted by atomic mass is 9.89. The smallest absolute Gasteiger partial charge is 0.248 e. The van der Waals surface area contributed by atoms with Crippen molar-refractivity contribution in [3.05, 3.63) is 16.6 Å². The van der Waals surface area contributed by atoms with Crippen LogP contribution in [0.3, 0.4) is 0 Å². The fraction of sp³-hybridized carbons (Fsp3) is 0.643. The highest BCUT2D eigenvalue weighted by atomic mass is 32.1. The largest absolute Gasteiger partial charge is 0.340 e. The summed E-state index contributed by atoms with van der Waals surface area (Å²) in [4.78, 5) is 31.8. The first-order chi connectivity index (χ1) is 9.36. The molecule has 6 heteroatoms. The number of nitrogens with one attached hydrogen (secondary N) is 1. The van der Waals surface area contributed by atoms with E-state index < -0.39 is 11.6 Å². The van der Waals surface area contributed by atoms with Gasteiger partial charge in [-0.15, -0.1) is 11.3 Å². The van der Waals surface area contributed by atoms with E-state index in [0.717, 1.165) is 11.3 Å². The summed E-state index contributed by atoms with van der Waals surface area (Å²) in [5, 5.41) is 2.84. The molecule has 1 aliphatic heterocycles. The minimum Gasteiger partial charge on any atom is -0.340 e. The molecule has 2 amide bonds. The van der Waals surface area contributed by atoms with Gasteiger partial charge in [0.25, 0.3) is 0 Å². The first kappa shape index (κ1) is 15.0. The summed E-state index contributed by atoms with van der Waals surface area (Å²) in [6.45, 7) is 8.00. The Morgan fingerprint density at radius 2 is 2.20 bits per heavy atom. The van der Waals surface area contributed by atoms with Crippen molar-refractivity contribution in [2.75, 3.05) is 0 Å². The summed E-state index contributed by atoms with van der Waals surface area (Å²) in [6.07, 6.45) is 2.61. The lowest BCUT2D eigenvalue weighted by Gasteiger charge is -2.44. The molecule has 0 aromatic carbocycles. The standard InChI is InChI=1S/C14H21N3O2S/c1-5-9(2)11-12(18)16-14(3,4)13(19)17(11)7-10-6-15-8-20-10/h6,8-9,11H,5,7H2,1-4H3,(H,16,18). The van der Waals surface area contributed by atoms with Gasteiger partial charge in [-0.25, -0.2) is 0 Å². The van der Waals surface area contributed by atoms with Crippen LogP contribution >= 0.6 is 11.3 Å². The minimum atomic E-state index is -0.842. The first-order valence-corrected chi connectivity index (χ1v) is 7.75. The van der Waals surface area contributed by atoms with Crippen LogP contribution < -0.4 is 5.32 Å². The molecular formula is C14H21N3O2S. The Labute approximate surface area is 123 Å². The van der Waals surface area contributed by atoms with E-state index in [-0.39, 0.29) is 17.7 Å². The molecule has 20 heavy (non-hydrogen) atoms. The average Bonchev–Trinajstić information content (AvgIpc) is 2.87. The van der Waals surface area contributed by atoms with Crippen molar-refractivity contribution in [1.82, 2.24) is 15.2 Å². The Hall–Kier alpha value is -1.43. The molecule has 110 valence electrons. The van der Waals surface area contributed by atoms with E-state index in [4.69, 9.17) is 0 Å². The fourth-order valence-corrected chi connectivity index (χ4v) is 3.10. The second kappa shape index (κ2) is 5.52. The number of carbonyl (C=O) groups is 2. The maximum Gasteiger partial charge on any atom is 0.248 e. The molecular weight excluding hydrogens is 274 g/mol. The van der Waals surface area contributed by atoms with E-state index in [1.165, 1.54) is 11.3 Å². The number of nitrogens with zero attached hydrogens (tertiary/aromatic N) is 2. The van der Waals surface area contributed by atoms with Gasteiger partial charge in [0.05, 0.1) is 12.1 Å². The Balaban J connectivity index is 2.32. The zero-order valence-electron chi connectivity index (χ0n) is 12.3. The zero-order valence-corrected chi connectivity index (χ0v) is 13.2. The van der Waals surface area contributed by atoms with Gasteiger partial charge in [0.2, 0.25) is 11.8 Å². The summed E-state index contributed by atoms with van der Waals surface area (Å²) in [6, 6.07) is -0.400. The van der Waals surface area contributed by atoms with Crippen LogP contribution in [-0.4, -0.2) is 33.3 Å². The Morgan fingerprint density at radius 3 is 2.75 bits per heavy atom. The predicted molar refractivity (Wildman–Crippen MR) is 78.1 cm³/mol. The molecule has 1 N–H and O–H groups in total. The van der Waals surface area contributed by atoms with Gasteiger partial charge < -0.3 is 10.2 Å². The van der Waals surface area contributed by atoms with Crippen molar-refractivity contribution in [2.45, 2.75) is 52.2 Å². The van der Waals surface area contributed by atoms with Crippen LogP contribution in [0.5, 0.6) is 0 Å². The van der Waals surface area contributed by atoms with Crippen molar-refractivity contribution in [2.24, 2.45) is 5.92 Å². The molecule has 2 unspecified atom stereocenters. The van der Waals surface area contributed by atoms with Crippen LogP contribution in [-0.2, 0) is 16.1 Å². The maximum absolute atomic E-state index is 12.6. The van der Waals surface area contributed by atoms with Crippen molar-refractivity contribution in [3.63, 3.8) is 0 Å². The SMILES string of the molecule is CCC(C)C1C(=O)NC(C)(C)C(=O)N1Cc1cncs1. The van der Waals surface area contributed by atoms with E-state index in [2.05, 4.69) is 10.3 Å². The molecule has 1 aromatic heterocycles. The summed E-state index contributed by atoms with van der Waals surface area (Å²) >= 11 is 1.50. The predicted octanol–water partition coefficient (Wildman–Crippen LogP) is 1.79. The van der Waals surface area contributed by atoms with E-state index >= 15 is 0 Å². The molecule has 2 atom stereocenters. The number of thiazole rings is 1. The third-order valence-electron chi connectivity index (χ3n) is 3.83. The molecule has 0 saturated carbocycles. The molecule has 0 spiro atoms. The number of amides is 2. The highest BCUT2D eigenvalue weighted by Crippen LogP contribution is 2.26. The maximum atomic E-state index is 12.6.